The van der Waals surface area contributed by atoms with E-state index in [0.29, 0.717) is 22.4 Å². The summed E-state index contributed by atoms with van der Waals surface area (Å²) < 4.78 is 14.9. The molecule has 0 radical (unpaired) electrons. The molecule has 8 heteroatoms. The van der Waals surface area contributed by atoms with Gasteiger partial charge in [-0.05, 0) is 30.3 Å². The van der Waals surface area contributed by atoms with Gasteiger partial charge in [-0.1, -0.05) is 28.1 Å². The molecule has 6 nitrogen and oxygen atoms in total. The average molecular weight is 417 g/mol. The van der Waals surface area contributed by atoms with Gasteiger partial charge in [-0.2, -0.15) is 0 Å². The lowest BCUT2D eigenvalue weighted by Crippen LogP contribution is -2.24. The van der Waals surface area contributed by atoms with Crippen LogP contribution in [0.25, 0.3) is 0 Å². The predicted octanol–water partition coefficient (Wildman–Crippen LogP) is 4.49. The summed E-state index contributed by atoms with van der Waals surface area (Å²) in [4.78, 5) is 20.6. The molecule has 0 amide bonds. The fourth-order valence-corrected chi connectivity index (χ4v) is 2.77. The maximum Gasteiger partial charge on any atom is 0.287 e. The van der Waals surface area contributed by atoms with Crippen molar-refractivity contribution in [1.82, 2.24) is 9.97 Å². The Bertz CT molecular complexity index is 907. The molecule has 0 aliphatic carbocycles. The van der Waals surface area contributed by atoms with E-state index >= 15 is 0 Å². The van der Waals surface area contributed by atoms with E-state index in [1.54, 1.807) is 24.4 Å². The van der Waals surface area contributed by atoms with E-state index in [9.17, 15) is 14.5 Å². The number of rotatable bonds is 6. The fourth-order valence-electron chi connectivity index (χ4n) is 2.43. The lowest BCUT2D eigenvalue weighted by atomic mass is 10.2. The first-order valence-corrected chi connectivity index (χ1v) is 8.51. The summed E-state index contributed by atoms with van der Waals surface area (Å²) in [5.41, 5.74) is 1.18. The smallest absolute Gasteiger partial charge is 0.287 e. The van der Waals surface area contributed by atoms with Crippen molar-refractivity contribution in [2.45, 2.75) is 13.1 Å². The first kappa shape index (κ1) is 17.9. The number of pyridine rings is 2. The number of anilines is 1. The van der Waals surface area contributed by atoms with Crippen LogP contribution in [-0.4, -0.2) is 14.9 Å². The number of aromatic nitrogens is 2. The molecule has 0 spiro atoms. The third-order valence-electron chi connectivity index (χ3n) is 3.72. The van der Waals surface area contributed by atoms with Gasteiger partial charge in [0.2, 0.25) is 0 Å². The van der Waals surface area contributed by atoms with E-state index in [1.807, 2.05) is 23.1 Å². The van der Waals surface area contributed by atoms with Gasteiger partial charge in [-0.25, -0.2) is 9.37 Å². The molecule has 26 heavy (non-hydrogen) atoms. The quantitative estimate of drug-likeness (QED) is 0.437. The number of hydrogen-bond acceptors (Lipinski definition) is 5. The standard InChI is InChI=1S/C18H14BrFN4O2/c19-14-5-4-13(17(20)9-14)11-23(12-15-3-1-2-8-21-15)18-7-6-16(10-22-18)24(25)26/h1-10H,11-12H2. The van der Waals surface area contributed by atoms with Crippen molar-refractivity contribution in [3.05, 3.63) is 92.6 Å². The first-order chi connectivity index (χ1) is 12.5. The average Bonchev–Trinajstić information content (AvgIpc) is 2.64. The van der Waals surface area contributed by atoms with E-state index < -0.39 is 4.92 Å². The van der Waals surface area contributed by atoms with Crippen LogP contribution >= 0.6 is 15.9 Å². The molecule has 0 aliphatic rings. The Morgan fingerprint density at radius 2 is 1.96 bits per heavy atom. The minimum Gasteiger partial charge on any atom is -0.346 e. The summed E-state index contributed by atoms with van der Waals surface area (Å²) in [7, 11) is 0. The zero-order valence-corrected chi connectivity index (χ0v) is 15.1. The summed E-state index contributed by atoms with van der Waals surface area (Å²) in [6.07, 6.45) is 2.87. The van der Waals surface area contributed by atoms with Crippen LogP contribution in [-0.2, 0) is 13.1 Å². The minimum atomic E-state index is -0.506. The SMILES string of the molecule is O=[N+]([O-])c1ccc(N(Cc2ccccn2)Cc2ccc(Br)cc2F)nc1. The van der Waals surface area contributed by atoms with Crippen LogP contribution in [0.4, 0.5) is 15.9 Å². The van der Waals surface area contributed by atoms with Crippen LogP contribution in [0.5, 0.6) is 0 Å². The summed E-state index contributed by atoms with van der Waals surface area (Å²) in [6.45, 7) is 0.641. The minimum absolute atomic E-state index is 0.0960. The number of hydrogen-bond donors (Lipinski definition) is 0. The highest BCUT2D eigenvalue weighted by Crippen LogP contribution is 2.22. The third kappa shape index (κ3) is 4.40. The van der Waals surface area contributed by atoms with Crippen molar-refractivity contribution in [2.24, 2.45) is 0 Å². The molecule has 0 N–H and O–H groups in total. The van der Waals surface area contributed by atoms with E-state index in [2.05, 4.69) is 25.9 Å². The highest BCUT2D eigenvalue weighted by atomic mass is 79.9. The van der Waals surface area contributed by atoms with Crippen molar-refractivity contribution in [2.75, 3.05) is 4.90 Å². The van der Waals surface area contributed by atoms with E-state index in [0.717, 1.165) is 5.69 Å². The lowest BCUT2D eigenvalue weighted by molar-refractivity contribution is -0.385. The molecule has 3 aromatic rings. The van der Waals surface area contributed by atoms with Crippen molar-refractivity contribution in [3.63, 3.8) is 0 Å². The van der Waals surface area contributed by atoms with Gasteiger partial charge >= 0.3 is 0 Å². The zero-order valence-electron chi connectivity index (χ0n) is 13.5. The topological polar surface area (TPSA) is 72.2 Å². The fraction of sp³-hybridized carbons (Fsp3) is 0.111. The molecule has 1 aromatic carbocycles. The normalized spacial score (nSPS) is 10.5. The van der Waals surface area contributed by atoms with E-state index in [-0.39, 0.29) is 18.0 Å². The molecule has 3 rings (SSSR count). The number of nitrogens with zero attached hydrogens (tertiary/aromatic N) is 4. The molecule has 0 bridgehead atoms. The second-order valence-corrected chi connectivity index (χ2v) is 6.46. The van der Waals surface area contributed by atoms with Gasteiger partial charge in [-0.15, -0.1) is 0 Å². The van der Waals surface area contributed by atoms with Crippen LogP contribution < -0.4 is 4.90 Å². The Morgan fingerprint density at radius 3 is 2.58 bits per heavy atom. The molecular formula is C18H14BrFN4O2. The largest absolute Gasteiger partial charge is 0.346 e. The molecule has 0 atom stereocenters. The molecule has 0 aliphatic heterocycles. The van der Waals surface area contributed by atoms with Crippen molar-refractivity contribution < 1.29 is 9.31 Å². The summed E-state index contributed by atoms with van der Waals surface area (Å²) in [5.74, 6) is 0.163. The van der Waals surface area contributed by atoms with Gasteiger partial charge in [0.25, 0.3) is 5.69 Å². The molecule has 0 unspecified atom stereocenters. The van der Waals surface area contributed by atoms with Crippen molar-refractivity contribution in [1.29, 1.82) is 0 Å². The van der Waals surface area contributed by atoms with Crippen LogP contribution in [0.15, 0.2) is 65.4 Å². The molecule has 132 valence electrons. The van der Waals surface area contributed by atoms with Crippen LogP contribution in [0, 0.1) is 15.9 Å². The Hall–Kier alpha value is -2.87. The van der Waals surface area contributed by atoms with Crippen LogP contribution in [0.2, 0.25) is 0 Å². The van der Waals surface area contributed by atoms with Gasteiger partial charge in [-0.3, -0.25) is 15.1 Å². The highest BCUT2D eigenvalue weighted by Gasteiger charge is 2.15. The summed E-state index contributed by atoms with van der Waals surface area (Å²) in [6, 6.07) is 13.3. The monoisotopic (exact) mass is 416 g/mol. The van der Waals surface area contributed by atoms with Crippen molar-refractivity contribution >= 4 is 27.4 Å². The maximum absolute atomic E-state index is 14.3. The molecule has 2 heterocycles. The Labute approximate surface area is 157 Å². The molecule has 2 aromatic heterocycles. The summed E-state index contributed by atoms with van der Waals surface area (Å²) in [5, 5.41) is 10.8. The Morgan fingerprint density at radius 1 is 1.12 bits per heavy atom. The number of halogens is 2. The van der Waals surface area contributed by atoms with Gasteiger partial charge in [0, 0.05) is 28.8 Å². The van der Waals surface area contributed by atoms with Gasteiger partial charge in [0.1, 0.15) is 17.8 Å². The molecule has 0 saturated carbocycles. The Balaban J connectivity index is 1.91. The van der Waals surface area contributed by atoms with E-state index in [4.69, 9.17) is 0 Å². The number of benzene rings is 1. The van der Waals surface area contributed by atoms with Gasteiger partial charge in [0.05, 0.1) is 17.2 Å². The van der Waals surface area contributed by atoms with Crippen molar-refractivity contribution in [3.8, 4) is 0 Å². The lowest BCUT2D eigenvalue weighted by Gasteiger charge is -2.23. The summed E-state index contributed by atoms with van der Waals surface area (Å²) >= 11 is 3.24. The third-order valence-corrected chi connectivity index (χ3v) is 4.22. The molecule has 0 saturated heterocycles. The van der Waals surface area contributed by atoms with Gasteiger partial charge < -0.3 is 4.90 Å². The molecular weight excluding hydrogens is 403 g/mol. The predicted molar refractivity (Wildman–Crippen MR) is 99.1 cm³/mol. The highest BCUT2D eigenvalue weighted by molar-refractivity contribution is 9.10. The maximum atomic E-state index is 14.3. The number of nitro groups is 1. The van der Waals surface area contributed by atoms with Gasteiger partial charge in [0.15, 0.2) is 0 Å². The second-order valence-electron chi connectivity index (χ2n) is 5.54. The first-order valence-electron chi connectivity index (χ1n) is 7.72. The van der Waals surface area contributed by atoms with Crippen LogP contribution in [0.3, 0.4) is 0 Å². The zero-order chi connectivity index (χ0) is 18.5. The van der Waals surface area contributed by atoms with E-state index in [1.165, 1.54) is 18.3 Å². The molecule has 0 fully saturated rings. The Kier molecular flexibility index (Phi) is 5.52. The van der Waals surface area contributed by atoms with Crippen LogP contribution in [0.1, 0.15) is 11.3 Å². The second kappa shape index (κ2) is 8.01.